The van der Waals surface area contributed by atoms with Crippen LogP contribution in [0.1, 0.15) is 11.2 Å². The Hall–Kier alpha value is -0.760. The Bertz CT molecular complexity index is 237. The maximum absolute atomic E-state index is 12.6. The Morgan fingerprint density at radius 1 is 1.45 bits per heavy atom. The van der Waals surface area contributed by atoms with Crippen LogP contribution in [0, 0.1) is 0 Å². The minimum Gasteiger partial charge on any atom is -0.496 e. The highest BCUT2D eigenvalue weighted by Crippen LogP contribution is 2.29. The highest BCUT2D eigenvalue weighted by Gasteiger charge is 2.09. The topological polar surface area (TPSA) is 9.23 Å². The van der Waals surface area contributed by atoms with Crippen LogP contribution in [-0.2, 0) is 0 Å². The first-order valence-corrected chi connectivity index (χ1v) is 3.60. The molecule has 0 radical (unpaired) electrons. The number of hydrogen-bond donors (Lipinski definition) is 0. The molecular weight excluding hydrogens is 167 g/mol. The summed E-state index contributed by atoms with van der Waals surface area (Å²) in [5.41, 5.74) is -1.12. The molecule has 0 N–H and O–H groups in total. The van der Waals surface area contributed by atoms with Crippen molar-refractivity contribution < 1.29 is 9.13 Å². The Morgan fingerprint density at radius 2 is 2.09 bits per heavy atom. The van der Waals surface area contributed by atoms with E-state index in [0.29, 0.717) is 11.3 Å². The summed E-state index contributed by atoms with van der Waals surface area (Å²) >= 11 is 5.24. The number of halogens is 2. The molecule has 1 unspecified atom stereocenters. The van der Waals surface area contributed by atoms with Gasteiger partial charge < -0.3 is 4.74 Å². The molecular formula is C8H8ClFO. The average Bonchev–Trinajstić information content (AvgIpc) is 2.04. The SMILES string of the molecule is COc1ccccc1C(F)Cl. The van der Waals surface area contributed by atoms with Gasteiger partial charge in [0.05, 0.1) is 7.11 Å². The maximum Gasteiger partial charge on any atom is 0.202 e. The van der Waals surface area contributed by atoms with Crippen molar-refractivity contribution in [1.29, 1.82) is 0 Å². The number of rotatable bonds is 2. The van der Waals surface area contributed by atoms with Gasteiger partial charge in [-0.3, -0.25) is 0 Å². The van der Waals surface area contributed by atoms with Gasteiger partial charge in [0.25, 0.3) is 0 Å². The summed E-state index contributed by atoms with van der Waals surface area (Å²) < 4.78 is 17.4. The third-order valence-corrected chi connectivity index (χ3v) is 1.61. The van der Waals surface area contributed by atoms with Gasteiger partial charge in [-0.15, -0.1) is 0 Å². The molecule has 0 saturated carbocycles. The average molecular weight is 175 g/mol. The van der Waals surface area contributed by atoms with Gasteiger partial charge in [-0.25, -0.2) is 4.39 Å². The van der Waals surface area contributed by atoms with Crippen LogP contribution < -0.4 is 4.74 Å². The van der Waals surface area contributed by atoms with Crippen molar-refractivity contribution in [3.05, 3.63) is 29.8 Å². The minimum absolute atomic E-state index is 0.372. The second kappa shape index (κ2) is 3.58. The summed E-state index contributed by atoms with van der Waals surface area (Å²) in [6.07, 6.45) is 0. The predicted molar refractivity (Wildman–Crippen MR) is 42.7 cm³/mol. The highest BCUT2D eigenvalue weighted by atomic mass is 35.5. The molecule has 0 saturated heterocycles. The summed E-state index contributed by atoms with van der Waals surface area (Å²) in [6.45, 7) is 0. The van der Waals surface area contributed by atoms with E-state index in [4.69, 9.17) is 16.3 Å². The number of methoxy groups -OCH3 is 1. The molecule has 0 spiro atoms. The zero-order valence-corrected chi connectivity index (χ0v) is 6.81. The number of ether oxygens (including phenoxy) is 1. The molecule has 1 nitrogen and oxygen atoms in total. The zero-order chi connectivity index (χ0) is 8.27. The fraction of sp³-hybridized carbons (Fsp3) is 0.250. The van der Waals surface area contributed by atoms with E-state index < -0.39 is 5.63 Å². The van der Waals surface area contributed by atoms with Crippen LogP contribution >= 0.6 is 11.6 Å². The van der Waals surface area contributed by atoms with Gasteiger partial charge in [0.1, 0.15) is 5.75 Å². The molecule has 60 valence electrons. The van der Waals surface area contributed by atoms with Gasteiger partial charge in [-0.2, -0.15) is 0 Å². The van der Waals surface area contributed by atoms with E-state index >= 15 is 0 Å². The summed E-state index contributed by atoms with van der Waals surface area (Å²) in [7, 11) is 1.48. The molecule has 1 aromatic rings. The molecule has 3 heteroatoms. The minimum atomic E-state index is -1.49. The molecule has 1 aromatic carbocycles. The van der Waals surface area contributed by atoms with Crippen molar-refractivity contribution in [3.8, 4) is 5.75 Å². The van der Waals surface area contributed by atoms with Crippen LogP contribution in [0.15, 0.2) is 24.3 Å². The summed E-state index contributed by atoms with van der Waals surface area (Å²) in [6, 6.07) is 6.75. The van der Waals surface area contributed by atoms with Crippen LogP contribution in [0.5, 0.6) is 5.75 Å². The molecule has 0 aliphatic heterocycles. The van der Waals surface area contributed by atoms with E-state index in [0.717, 1.165) is 0 Å². The Labute approximate surface area is 69.7 Å². The first kappa shape index (κ1) is 8.34. The van der Waals surface area contributed by atoms with Crippen LogP contribution in [0.4, 0.5) is 4.39 Å². The molecule has 0 amide bonds. The van der Waals surface area contributed by atoms with Crippen molar-refractivity contribution in [2.75, 3.05) is 7.11 Å². The molecule has 0 bridgehead atoms. The molecule has 11 heavy (non-hydrogen) atoms. The monoisotopic (exact) mass is 174 g/mol. The molecule has 1 atom stereocenters. The summed E-state index contributed by atoms with van der Waals surface area (Å²) in [5, 5.41) is 0. The fourth-order valence-electron chi connectivity index (χ4n) is 0.847. The molecule has 1 rings (SSSR count). The van der Waals surface area contributed by atoms with Crippen molar-refractivity contribution in [3.63, 3.8) is 0 Å². The maximum atomic E-state index is 12.6. The van der Waals surface area contributed by atoms with Crippen molar-refractivity contribution >= 4 is 11.6 Å². The van der Waals surface area contributed by atoms with Gasteiger partial charge in [0.2, 0.25) is 5.63 Å². The fourth-order valence-corrected chi connectivity index (χ4v) is 1.03. The zero-order valence-electron chi connectivity index (χ0n) is 6.05. The highest BCUT2D eigenvalue weighted by molar-refractivity contribution is 6.20. The van der Waals surface area contributed by atoms with E-state index in [1.807, 2.05) is 0 Å². The first-order valence-electron chi connectivity index (χ1n) is 3.16. The lowest BCUT2D eigenvalue weighted by atomic mass is 10.2. The molecule has 0 fully saturated rings. The van der Waals surface area contributed by atoms with Crippen LogP contribution in [-0.4, -0.2) is 7.11 Å². The van der Waals surface area contributed by atoms with E-state index in [-0.39, 0.29) is 0 Å². The van der Waals surface area contributed by atoms with Crippen LogP contribution in [0.3, 0.4) is 0 Å². The number of hydrogen-bond acceptors (Lipinski definition) is 1. The Balaban J connectivity index is 3.02. The quantitative estimate of drug-likeness (QED) is 0.627. The third kappa shape index (κ3) is 1.84. The van der Waals surface area contributed by atoms with E-state index in [9.17, 15) is 4.39 Å². The lowest BCUT2D eigenvalue weighted by Crippen LogP contribution is -1.90. The largest absolute Gasteiger partial charge is 0.496 e. The standard InChI is InChI=1S/C8H8ClFO/c1-11-7-5-3-2-4-6(7)8(9)10/h2-5,8H,1H3. The molecule has 0 aliphatic carbocycles. The van der Waals surface area contributed by atoms with Gasteiger partial charge >= 0.3 is 0 Å². The lowest BCUT2D eigenvalue weighted by Gasteiger charge is -2.06. The van der Waals surface area contributed by atoms with E-state index in [1.54, 1.807) is 24.3 Å². The molecule has 0 aliphatic rings. The van der Waals surface area contributed by atoms with Crippen molar-refractivity contribution in [2.45, 2.75) is 5.63 Å². The Kier molecular flexibility index (Phi) is 2.71. The van der Waals surface area contributed by atoms with Crippen molar-refractivity contribution in [1.82, 2.24) is 0 Å². The van der Waals surface area contributed by atoms with E-state index in [2.05, 4.69) is 0 Å². The second-order valence-corrected chi connectivity index (χ2v) is 2.43. The van der Waals surface area contributed by atoms with Gasteiger partial charge in [0.15, 0.2) is 0 Å². The molecule has 0 aromatic heterocycles. The van der Waals surface area contributed by atoms with Gasteiger partial charge in [-0.05, 0) is 6.07 Å². The third-order valence-electron chi connectivity index (χ3n) is 1.37. The lowest BCUT2D eigenvalue weighted by molar-refractivity contribution is 0.388. The second-order valence-electron chi connectivity index (χ2n) is 2.04. The van der Waals surface area contributed by atoms with E-state index in [1.165, 1.54) is 7.11 Å². The summed E-state index contributed by atoms with van der Waals surface area (Å²) in [5.74, 6) is 0.481. The molecule has 0 heterocycles. The number of alkyl halides is 2. The van der Waals surface area contributed by atoms with Crippen molar-refractivity contribution in [2.24, 2.45) is 0 Å². The van der Waals surface area contributed by atoms with Gasteiger partial charge in [0, 0.05) is 5.56 Å². The normalized spacial score (nSPS) is 12.6. The summed E-state index contributed by atoms with van der Waals surface area (Å²) in [4.78, 5) is 0. The van der Waals surface area contributed by atoms with Gasteiger partial charge in [-0.1, -0.05) is 29.8 Å². The smallest absolute Gasteiger partial charge is 0.202 e. The number of para-hydroxylation sites is 1. The number of benzene rings is 1. The van der Waals surface area contributed by atoms with Crippen LogP contribution in [0.25, 0.3) is 0 Å². The first-order chi connectivity index (χ1) is 5.25. The Morgan fingerprint density at radius 3 is 2.55 bits per heavy atom. The predicted octanol–water partition coefficient (Wildman–Crippen LogP) is 2.90. The van der Waals surface area contributed by atoms with Crippen LogP contribution in [0.2, 0.25) is 0 Å².